The van der Waals surface area contributed by atoms with Crippen molar-refractivity contribution < 1.29 is 19.4 Å². The Morgan fingerprint density at radius 2 is 2.00 bits per heavy atom. The van der Waals surface area contributed by atoms with E-state index in [1.165, 1.54) is 29.2 Å². The molecule has 0 radical (unpaired) electrons. The quantitative estimate of drug-likeness (QED) is 0.785. The van der Waals surface area contributed by atoms with Gasteiger partial charge in [0.25, 0.3) is 0 Å². The molecule has 0 saturated heterocycles. The van der Waals surface area contributed by atoms with E-state index in [-0.39, 0.29) is 18.7 Å². The molecule has 7 heteroatoms. The molecule has 0 atom stereocenters. The van der Waals surface area contributed by atoms with Crippen LogP contribution in [0.2, 0.25) is 0 Å². The van der Waals surface area contributed by atoms with Crippen LogP contribution in [0.4, 0.5) is 5.69 Å². The molecule has 3 N–H and O–H groups in total. The highest BCUT2D eigenvalue weighted by molar-refractivity contribution is 5.87. The molecule has 0 amide bonds. The molecule has 0 saturated carbocycles. The van der Waals surface area contributed by atoms with Crippen molar-refractivity contribution in [3.8, 4) is 0 Å². The highest BCUT2D eigenvalue weighted by Gasteiger charge is 2.07. The number of carboxylic acids is 1. The molecule has 1 aromatic carbocycles. The summed E-state index contributed by atoms with van der Waals surface area (Å²) in [6.45, 7) is 0.0554. The number of ether oxygens (including phenoxy) is 1. The summed E-state index contributed by atoms with van der Waals surface area (Å²) in [7, 11) is 0. The number of carboxylic acid groups (broad SMARTS) is 1. The number of anilines is 1. The number of hydrogen-bond donors (Lipinski definition) is 2. The van der Waals surface area contributed by atoms with Gasteiger partial charge in [-0.15, -0.1) is 0 Å². The van der Waals surface area contributed by atoms with E-state index in [2.05, 4.69) is 5.10 Å². The summed E-state index contributed by atoms with van der Waals surface area (Å²) in [4.78, 5) is 22.2. The lowest BCUT2D eigenvalue weighted by Crippen LogP contribution is -2.13. The van der Waals surface area contributed by atoms with Crippen LogP contribution in [0.15, 0.2) is 36.7 Å². The first-order valence-electron chi connectivity index (χ1n) is 5.80. The summed E-state index contributed by atoms with van der Waals surface area (Å²) >= 11 is 0. The molecular weight excluding hydrogens is 262 g/mol. The number of esters is 1. The number of hydrogen-bond acceptors (Lipinski definition) is 5. The molecule has 2 rings (SSSR count). The second kappa shape index (κ2) is 5.87. The SMILES string of the molecule is Nc1cnn(CC(=O)OCc2ccc(C(=O)O)cc2)c1. The minimum absolute atomic E-state index is 0.0234. The zero-order chi connectivity index (χ0) is 14.5. The summed E-state index contributed by atoms with van der Waals surface area (Å²) in [6.07, 6.45) is 2.97. The predicted molar refractivity (Wildman–Crippen MR) is 69.8 cm³/mol. The highest BCUT2D eigenvalue weighted by Crippen LogP contribution is 2.06. The van der Waals surface area contributed by atoms with E-state index in [1.54, 1.807) is 12.1 Å². The van der Waals surface area contributed by atoms with Crippen LogP contribution in [0.1, 0.15) is 15.9 Å². The maximum atomic E-state index is 11.6. The Morgan fingerprint density at radius 1 is 1.30 bits per heavy atom. The van der Waals surface area contributed by atoms with Crippen molar-refractivity contribution in [1.29, 1.82) is 0 Å². The molecule has 1 aromatic heterocycles. The fourth-order valence-corrected chi connectivity index (χ4v) is 1.55. The molecule has 0 aliphatic carbocycles. The molecule has 0 spiro atoms. The van der Waals surface area contributed by atoms with Crippen LogP contribution in [0.3, 0.4) is 0 Å². The number of aromatic nitrogens is 2. The zero-order valence-electron chi connectivity index (χ0n) is 10.5. The van der Waals surface area contributed by atoms with Crippen LogP contribution in [0, 0.1) is 0 Å². The van der Waals surface area contributed by atoms with Crippen LogP contribution >= 0.6 is 0 Å². The molecule has 0 aliphatic heterocycles. The van der Waals surface area contributed by atoms with Gasteiger partial charge < -0.3 is 15.6 Å². The van der Waals surface area contributed by atoms with Gasteiger partial charge in [0.2, 0.25) is 0 Å². The average molecular weight is 275 g/mol. The summed E-state index contributed by atoms with van der Waals surface area (Å²) in [5, 5.41) is 12.6. The van der Waals surface area contributed by atoms with Crippen LogP contribution < -0.4 is 5.73 Å². The molecule has 104 valence electrons. The Labute approximate surface area is 114 Å². The van der Waals surface area contributed by atoms with Crippen LogP contribution in [0.25, 0.3) is 0 Å². The van der Waals surface area contributed by atoms with Gasteiger partial charge in [-0.3, -0.25) is 9.48 Å². The minimum atomic E-state index is -0.996. The van der Waals surface area contributed by atoms with Crippen molar-refractivity contribution in [3.63, 3.8) is 0 Å². The van der Waals surface area contributed by atoms with Gasteiger partial charge in [0.1, 0.15) is 13.2 Å². The number of carbonyl (C=O) groups excluding carboxylic acids is 1. The van der Waals surface area contributed by atoms with Gasteiger partial charge in [-0.2, -0.15) is 5.10 Å². The van der Waals surface area contributed by atoms with Gasteiger partial charge in [0.05, 0.1) is 17.4 Å². The maximum Gasteiger partial charge on any atom is 0.335 e. The summed E-state index contributed by atoms with van der Waals surface area (Å²) < 4.78 is 6.43. The van der Waals surface area contributed by atoms with Crippen molar-refractivity contribution in [1.82, 2.24) is 9.78 Å². The van der Waals surface area contributed by atoms with E-state index in [1.807, 2.05) is 0 Å². The van der Waals surface area contributed by atoms with Crippen molar-refractivity contribution in [2.24, 2.45) is 0 Å². The number of nitrogens with zero attached hydrogens (tertiary/aromatic N) is 2. The van der Waals surface area contributed by atoms with Gasteiger partial charge >= 0.3 is 11.9 Å². The first-order chi connectivity index (χ1) is 9.54. The topological polar surface area (TPSA) is 107 Å². The molecule has 0 unspecified atom stereocenters. The normalized spacial score (nSPS) is 10.2. The largest absolute Gasteiger partial charge is 0.478 e. The maximum absolute atomic E-state index is 11.6. The molecule has 2 aromatic rings. The van der Waals surface area contributed by atoms with Crippen molar-refractivity contribution in [2.45, 2.75) is 13.2 Å². The zero-order valence-corrected chi connectivity index (χ0v) is 10.5. The summed E-state index contributed by atoms with van der Waals surface area (Å²) in [5.41, 5.74) is 6.85. The van der Waals surface area contributed by atoms with E-state index in [0.717, 1.165) is 0 Å². The predicted octanol–water partition coefficient (Wildman–Crippen LogP) is 0.907. The summed E-state index contributed by atoms with van der Waals surface area (Å²) in [6, 6.07) is 6.12. The first kappa shape index (κ1) is 13.6. The smallest absolute Gasteiger partial charge is 0.335 e. The standard InChI is InChI=1S/C13H13N3O4/c14-11-5-15-16(6-11)7-12(17)20-8-9-1-3-10(4-2-9)13(18)19/h1-6H,7-8,14H2,(H,18,19). The molecule has 0 aliphatic rings. The van der Waals surface area contributed by atoms with Gasteiger partial charge in [0.15, 0.2) is 0 Å². The fourth-order valence-electron chi connectivity index (χ4n) is 1.55. The third-order valence-electron chi connectivity index (χ3n) is 2.55. The van der Waals surface area contributed by atoms with Gasteiger partial charge in [-0.05, 0) is 17.7 Å². The number of nitrogens with two attached hydrogens (primary N) is 1. The second-order valence-corrected chi connectivity index (χ2v) is 4.13. The molecule has 7 nitrogen and oxygen atoms in total. The van der Waals surface area contributed by atoms with Crippen molar-refractivity contribution >= 4 is 17.6 Å². The van der Waals surface area contributed by atoms with E-state index in [9.17, 15) is 9.59 Å². The number of rotatable bonds is 5. The Bertz CT molecular complexity index is 619. The Balaban J connectivity index is 1.85. The minimum Gasteiger partial charge on any atom is -0.478 e. The van der Waals surface area contributed by atoms with Crippen molar-refractivity contribution in [3.05, 3.63) is 47.8 Å². The highest BCUT2D eigenvalue weighted by atomic mass is 16.5. The first-order valence-corrected chi connectivity index (χ1v) is 5.80. The lowest BCUT2D eigenvalue weighted by Gasteiger charge is -2.05. The average Bonchev–Trinajstić information content (AvgIpc) is 2.82. The van der Waals surface area contributed by atoms with E-state index < -0.39 is 11.9 Å². The molecule has 0 fully saturated rings. The number of benzene rings is 1. The Morgan fingerprint density at radius 3 is 2.55 bits per heavy atom. The third kappa shape index (κ3) is 3.58. The summed E-state index contributed by atoms with van der Waals surface area (Å²) in [5.74, 6) is -1.44. The van der Waals surface area contributed by atoms with E-state index >= 15 is 0 Å². The lowest BCUT2D eigenvalue weighted by atomic mass is 10.1. The van der Waals surface area contributed by atoms with Crippen molar-refractivity contribution in [2.75, 3.05) is 5.73 Å². The van der Waals surface area contributed by atoms with E-state index in [4.69, 9.17) is 15.6 Å². The lowest BCUT2D eigenvalue weighted by molar-refractivity contribution is -0.145. The number of carbonyl (C=O) groups is 2. The van der Waals surface area contributed by atoms with Gasteiger partial charge in [-0.25, -0.2) is 4.79 Å². The Kier molecular flexibility index (Phi) is 3.99. The number of aromatic carboxylic acids is 1. The third-order valence-corrected chi connectivity index (χ3v) is 2.55. The van der Waals surface area contributed by atoms with Gasteiger partial charge in [-0.1, -0.05) is 12.1 Å². The van der Waals surface area contributed by atoms with Crippen LogP contribution in [0.5, 0.6) is 0 Å². The Hall–Kier alpha value is -2.83. The number of nitrogen functional groups attached to an aromatic ring is 1. The van der Waals surface area contributed by atoms with Crippen LogP contribution in [-0.2, 0) is 22.7 Å². The second-order valence-electron chi connectivity index (χ2n) is 4.13. The molecule has 1 heterocycles. The molecule has 0 bridgehead atoms. The fraction of sp³-hybridized carbons (Fsp3) is 0.154. The van der Waals surface area contributed by atoms with Crippen LogP contribution in [-0.4, -0.2) is 26.8 Å². The molecule has 20 heavy (non-hydrogen) atoms. The monoisotopic (exact) mass is 275 g/mol. The van der Waals surface area contributed by atoms with E-state index in [0.29, 0.717) is 11.3 Å². The molecular formula is C13H13N3O4. The van der Waals surface area contributed by atoms with Gasteiger partial charge in [0, 0.05) is 6.20 Å².